The molecule has 3 aliphatic heterocycles. The molecule has 2 saturated heterocycles. The highest BCUT2D eigenvalue weighted by atomic mass is 35.5. The van der Waals surface area contributed by atoms with Crippen molar-refractivity contribution in [2.45, 2.75) is 123 Å². The third-order valence-electron chi connectivity index (χ3n) is 16.5. The zero-order valence-electron chi connectivity index (χ0n) is 47.6. The third-order valence-corrected chi connectivity index (χ3v) is 19.7. The standard InChI is InChI=1S/C27H35N7O4S.C20H19ClN6O4S.C7H15N.ClH.2H2S/c1-17-12-26(3,4)33(15-17)24-20(25(35)31-39(36,37)21-14-28-32(5)18(21)2)6-7-22(29-24)34-11-8-23(30-34)38-16-19-13-27(19)9-10-27;1-12-15(10-22-26(12)2)32(29,30)25-19(28)14-3-4-16(23-18(14)21)27-8-5-17(24-27)31-11-13-9-20(13)6-7-20;1-6-4-7(2,3)8-5-6;;;/h6-8,11,14,17,19H,9-10,12-13,15-16H2,1-5H3,(H,31,35);3-5,8,10,13H,2,6-7,9,11H2,1H3;6,8H,4-5H2,1-3H3;1H;2*1H2/p+1/t17-,19?;;6-;;;/m0.0.../s1. The van der Waals surface area contributed by atoms with Crippen LogP contribution < -0.4 is 29.1 Å². The van der Waals surface area contributed by atoms with E-state index in [-0.39, 0.29) is 76.7 Å². The molecule has 22 nitrogen and oxygen atoms in total. The molecule has 28 heteroatoms. The summed E-state index contributed by atoms with van der Waals surface area (Å²) in [7, 11) is -6.63. The summed E-state index contributed by atoms with van der Waals surface area (Å²) in [4.78, 5) is 36.9. The van der Waals surface area contributed by atoms with E-state index < -0.39 is 31.9 Å². The van der Waals surface area contributed by atoms with Crippen LogP contribution in [0.4, 0.5) is 5.82 Å². The number of nitrogens with zero attached hydrogens (tertiary/aromatic N) is 11. The summed E-state index contributed by atoms with van der Waals surface area (Å²) in [5.74, 6) is 3.19. The lowest BCUT2D eigenvalue weighted by Crippen LogP contribution is -2.41. The van der Waals surface area contributed by atoms with Gasteiger partial charge in [-0.05, 0) is 156 Å². The number of ether oxygens (including phenoxy) is 2. The van der Waals surface area contributed by atoms with Crippen LogP contribution in [0.15, 0.2) is 75.6 Å². The number of rotatable bonds is 15. The number of sulfonamides is 2. The summed E-state index contributed by atoms with van der Waals surface area (Å²) in [6.07, 6.45) is 15.8. The lowest BCUT2D eigenvalue weighted by atomic mass is 9.97. The number of amides is 2. The van der Waals surface area contributed by atoms with Gasteiger partial charge in [0.05, 0.1) is 36.2 Å². The molecule has 2 amide bonds. The second-order valence-electron chi connectivity index (χ2n) is 23.9. The van der Waals surface area contributed by atoms with Crippen LogP contribution in [-0.2, 0) is 27.1 Å². The summed E-state index contributed by atoms with van der Waals surface area (Å²) >= 11 is 6.17. The second-order valence-corrected chi connectivity index (χ2v) is 27.5. The van der Waals surface area contributed by atoms with Gasteiger partial charge in [0, 0.05) is 56.1 Å². The quantitative estimate of drug-likeness (QED) is 0.0683. The van der Waals surface area contributed by atoms with Crippen LogP contribution in [0, 0.1) is 41.4 Å². The Kier molecular flexibility index (Phi) is 18.6. The predicted octanol–water partition coefficient (Wildman–Crippen LogP) is 7.38. The normalized spacial score (nSPS) is 22.4. The van der Waals surface area contributed by atoms with E-state index in [0.717, 1.165) is 23.2 Å². The first-order valence-corrected chi connectivity index (χ1v) is 30.1. The Labute approximate surface area is 504 Å². The molecule has 4 saturated carbocycles. The molecule has 2 spiro atoms. The van der Waals surface area contributed by atoms with Crippen molar-refractivity contribution in [1.82, 2.24) is 54.1 Å². The number of hydrazone groups is 1. The topological polar surface area (TPSA) is 255 Å². The SMILES string of the molecule is C=[N+]1N=CC(S(=O)(=O)NC(=O)c2ccc(-n3ccc(OCC4CC45CC5)n3)nc2Cl)=C1C.C[C@@H]1CNC(C)(C)C1.Cc1c(S(=O)(=O)NC(=O)c2ccc(-n3ccc(OCC4CC45CC5)n3)nc2N2C[C@@H](C)CC2(C)C)cnn1C.Cl.S.S. The molecule has 12 rings (SSSR count). The molecule has 5 aromatic rings. The molecule has 7 aliphatic rings. The van der Waals surface area contributed by atoms with E-state index in [4.69, 9.17) is 26.1 Å². The number of hydrogen-bond donors (Lipinski definition) is 3. The van der Waals surface area contributed by atoms with Crippen molar-refractivity contribution < 1.29 is 40.6 Å². The molecule has 0 radical (unpaired) electrons. The summed E-state index contributed by atoms with van der Waals surface area (Å²) < 4.78 is 72.8. The number of pyridine rings is 2. The van der Waals surface area contributed by atoms with E-state index >= 15 is 0 Å². The van der Waals surface area contributed by atoms with Crippen LogP contribution in [0.1, 0.15) is 126 Å². The van der Waals surface area contributed by atoms with Gasteiger partial charge in [0.25, 0.3) is 31.9 Å². The number of allylic oxidation sites excluding steroid dienone is 2. The average Bonchev–Trinajstić information content (AvgIpc) is 4.44. The van der Waals surface area contributed by atoms with Crippen molar-refractivity contribution in [1.29, 1.82) is 0 Å². The largest absolute Gasteiger partial charge is 0.476 e. The first kappa shape index (κ1) is 64.1. The lowest BCUT2D eigenvalue weighted by Gasteiger charge is -2.34. The summed E-state index contributed by atoms with van der Waals surface area (Å²) in [6, 6.07) is 9.73. The maximum absolute atomic E-state index is 13.5. The van der Waals surface area contributed by atoms with Gasteiger partial charge in [-0.2, -0.15) is 32.1 Å². The smallest absolute Gasteiger partial charge is 0.272 e. The van der Waals surface area contributed by atoms with Gasteiger partial charge in [0.1, 0.15) is 22.1 Å². The van der Waals surface area contributed by atoms with Crippen LogP contribution in [0.25, 0.3) is 11.6 Å². The Morgan fingerprint density at radius 1 is 0.780 bits per heavy atom. The minimum Gasteiger partial charge on any atom is -0.476 e. The fourth-order valence-electron chi connectivity index (χ4n) is 11.3. The molecule has 446 valence electrons. The van der Waals surface area contributed by atoms with Gasteiger partial charge in [-0.1, -0.05) is 30.1 Å². The predicted molar refractivity (Wildman–Crippen MR) is 325 cm³/mol. The van der Waals surface area contributed by atoms with Gasteiger partial charge in [-0.3, -0.25) is 14.3 Å². The molecule has 6 fully saturated rings. The number of anilines is 1. The number of hydrogen-bond acceptors (Lipinski definition) is 16. The fraction of sp³-hybridized carbons (Fsp3) is 0.537. The highest BCUT2D eigenvalue weighted by Gasteiger charge is 2.63. The van der Waals surface area contributed by atoms with Crippen molar-refractivity contribution in [3.63, 3.8) is 0 Å². The van der Waals surface area contributed by atoms with Crippen LogP contribution in [-0.4, -0.2) is 123 Å². The first-order valence-electron chi connectivity index (χ1n) is 26.7. The zero-order chi connectivity index (χ0) is 56.6. The fourth-order valence-corrected chi connectivity index (χ4v) is 13.8. The molecule has 4 aliphatic carbocycles. The van der Waals surface area contributed by atoms with E-state index in [1.807, 2.05) is 10.8 Å². The van der Waals surface area contributed by atoms with Gasteiger partial charge in [-0.15, -0.1) is 22.6 Å². The molecule has 3 N–H and O–H groups in total. The minimum absolute atomic E-state index is 0. The van der Waals surface area contributed by atoms with E-state index in [1.54, 1.807) is 49.2 Å². The molecule has 2 unspecified atom stereocenters. The zero-order valence-corrected chi connectivity index (χ0v) is 52.8. The Bertz CT molecular complexity index is 3550. The number of nitrogens with one attached hydrogen (secondary N) is 3. The highest BCUT2D eigenvalue weighted by Crippen LogP contribution is 2.71. The highest BCUT2D eigenvalue weighted by molar-refractivity contribution is 7.94. The summed E-state index contributed by atoms with van der Waals surface area (Å²) in [6.45, 7) is 23.1. The van der Waals surface area contributed by atoms with Gasteiger partial charge >= 0.3 is 0 Å². The van der Waals surface area contributed by atoms with Crippen molar-refractivity contribution in [2.24, 2.45) is 46.7 Å². The van der Waals surface area contributed by atoms with Crippen LogP contribution in [0.5, 0.6) is 11.8 Å². The molecule has 4 atom stereocenters. The van der Waals surface area contributed by atoms with Gasteiger partial charge < -0.3 is 19.7 Å². The molecule has 5 aromatic heterocycles. The van der Waals surface area contributed by atoms with Gasteiger partial charge in [-0.25, -0.2) is 45.6 Å². The Morgan fingerprint density at radius 2 is 1.32 bits per heavy atom. The second kappa shape index (κ2) is 23.9. The van der Waals surface area contributed by atoms with E-state index in [9.17, 15) is 26.4 Å². The molecule has 0 aromatic carbocycles. The number of aryl methyl sites for hydroxylation is 1. The first-order chi connectivity index (χ1) is 37.2. The van der Waals surface area contributed by atoms with Crippen LogP contribution in [0.3, 0.4) is 0 Å². The van der Waals surface area contributed by atoms with Gasteiger partial charge in [0.15, 0.2) is 23.3 Å². The number of aromatic nitrogens is 8. The van der Waals surface area contributed by atoms with Gasteiger partial charge in [0.2, 0.25) is 17.5 Å². The Hall–Kier alpha value is -5.51. The monoisotopic (exact) mass is 1250 g/mol. The Morgan fingerprint density at radius 3 is 1.74 bits per heavy atom. The van der Waals surface area contributed by atoms with Crippen molar-refractivity contribution in [2.75, 3.05) is 31.2 Å². The molecular formula is C54H75Cl2N14O8S4+. The summed E-state index contributed by atoms with van der Waals surface area (Å²) in [5, 5.41) is 20.0. The van der Waals surface area contributed by atoms with Crippen molar-refractivity contribution in [3.05, 3.63) is 87.6 Å². The number of carbonyl (C=O) groups excluding carboxylic acids is 2. The molecule has 82 heavy (non-hydrogen) atoms. The number of halogens is 2. The third kappa shape index (κ3) is 13.8. The van der Waals surface area contributed by atoms with Crippen molar-refractivity contribution >= 4 is 102 Å². The minimum atomic E-state index is -4.15. The Balaban J connectivity index is 0.000000204. The molecule has 0 bridgehead atoms. The maximum atomic E-state index is 13.5. The van der Waals surface area contributed by atoms with Crippen LogP contribution in [0.2, 0.25) is 5.15 Å². The van der Waals surface area contributed by atoms with Crippen LogP contribution >= 0.6 is 51.0 Å². The van der Waals surface area contributed by atoms with E-state index in [2.05, 4.69) is 88.6 Å². The van der Waals surface area contributed by atoms with Crippen molar-refractivity contribution in [3.8, 4) is 23.4 Å². The van der Waals surface area contributed by atoms with E-state index in [1.165, 1.54) is 86.1 Å². The molecular weight excluding hydrogens is 1170 g/mol. The summed E-state index contributed by atoms with van der Waals surface area (Å²) in [5.41, 5.74) is 2.08. The van der Waals surface area contributed by atoms with E-state index in [0.29, 0.717) is 88.8 Å². The maximum Gasteiger partial charge on any atom is 0.272 e. The number of carbonyl (C=O) groups is 2. The molecule has 8 heterocycles. The lowest BCUT2D eigenvalue weighted by molar-refractivity contribution is -0.468. The average molecular weight is 1250 g/mol.